The first-order chi connectivity index (χ1) is 16.0. The van der Waals surface area contributed by atoms with Crippen molar-refractivity contribution in [2.45, 2.75) is 12.3 Å². The monoisotopic (exact) mass is 437 g/mol. The van der Waals surface area contributed by atoms with E-state index in [-0.39, 0.29) is 29.3 Å². The fourth-order valence-corrected chi connectivity index (χ4v) is 4.47. The van der Waals surface area contributed by atoms with E-state index in [1.54, 1.807) is 48.5 Å². The lowest BCUT2D eigenvalue weighted by atomic mass is 9.79. The summed E-state index contributed by atoms with van der Waals surface area (Å²) in [6, 6.07) is 24.5. The number of anilines is 1. The number of Topliss-reactive ketones (excluding diaryl/α,β-unsaturated/α-hetero) is 1. The summed E-state index contributed by atoms with van der Waals surface area (Å²) in [5.74, 6) is -1.81. The summed E-state index contributed by atoms with van der Waals surface area (Å²) >= 11 is 0. The smallest absolute Gasteiger partial charge is 0.295 e. The van der Waals surface area contributed by atoms with Gasteiger partial charge in [-0.05, 0) is 17.7 Å². The first kappa shape index (κ1) is 20.5. The predicted molar refractivity (Wildman–Crippen MR) is 124 cm³/mol. The molecule has 0 saturated heterocycles. The van der Waals surface area contributed by atoms with Gasteiger partial charge in [0.25, 0.3) is 5.69 Å². The van der Waals surface area contributed by atoms with E-state index in [1.807, 2.05) is 30.3 Å². The lowest BCUT2D eigenvalue weighted by molar-refractivity contribution is -0.383. The number of fused-ring (bicyclic) bond motifs is 2. The number of para-hydroxylation sites is 2. The summed E-state index contributed by atoms with van der Waals surface area (Å²) in [6.45, 7) is 0. The predicted octanol–water partition coefficient (Wildman–Crippen LogP) is 4.92. The number of nitrogens with one attached hydrogen (secondary N) is 1. The maximum atomic E-state index is 13.6. The number of hydrogen-bond acceptors (Lipinski definition) is 5. The van der Waals surface area contributed by atoms with Crippen molar-refractivity contribution in [2.24, 2.45) is 5.92 Å². The summed E-state index contributed by atoms with van der Waals surface area (Å²) in [5, 5.41) is 15.0. The van der Waals surface area contributed by atoms with Crippen molar-refractivity contribution in [3.8, 4) is 0 Å². The Morgan fingerprint density at radius 3 is 2.52 bits per heavy atom. The highest BCUT2D eigenvalue weighted by Gasteiger charge is 2.40. The van der Waals surface area contributed by atoms with Crippen molar-refractivity contribution in [1.82, 2.24) is 4.98 Å². The Labute approximate surface area is 189 Å². The fourth-order valence-electron chi connectivity index (χ4n) is 4.47. The van der Waals surface area contributed by atoms with Crippen molar-refractivity contribution in [3.05, 3.63) is 112 Å². The van der Waals surface area contributed by atoms with E-state index in [4.69, 9.17) is 0 Å². The second-order valence-corrected chi connectivity index (χ2v) is 8.00. The molecule has 0 fully saturated rings. The Hall–Kier alpha value is -4.39. The molecule has 2 atom stereocenters. The molecule has 0 spiro atoms. The fraction of sp³-hybridized carbons (Fsp3) is 0.115. The van der Waals surface area contributed by atoms with Crippen LogP contribution in [0.1, 0.15) is 27.5 Å². The number of nitrogens with zero attached hydrogens (tertiary/aromatic N) is 2. The molecule has 0 bridgehead atoms. The van der Waals surface area contributed by atoms with Gasteiger partial charge in [0.2, 0.25) is 5.91 Å². The Morgan fingerprint density at radius 2 is 1.73 bits per heavy atom. The summed E-state index contributed by atoms with van der Waals surface area (Å²) in [4.78, 5) is 42.2. The first-order valence-corrected chi connectivity index (χ1v) is 10.5. The molecule has 3 aromatic carbocycles. The van der Waals surface area contributed by atoms with Gasteiger partial charge < -0.3 is 5.32 Å². The zero-order valence-electron chi connectivity index (χ0n) is 17.5. The number of aromatic nitrogens is 1. The molecule has 2 unspecified atom stereocenters. The number of carbonyl (C=O) groups excluding carboxylic acids is 2. The molecule has 162 valence electrons. The standard InChI is InChI=1S/C26H19N3O4/c30-25(17-7-2-1-3-8-17)20(23-19-10-4-5-11-21(19)28-26(23)31)15-18-14-13-16-9-6-12-22(29(32)33)24(16)27-18/h1-14,20,23H,15H2,(H,28,31). The van der Waals surface area contributed by atoms with Gasteiger partial charge in [-0.25, -0.2) is 4.98 Å². The van der Waals surface area contributed by atoms with Crippen LogP contribution < -0.4 is 5.32 Å². The highest BCUT2D eigenvalue weighted by Crippen LogP contribution is 2.40. The first-order valence-electron chi connectivity index (χ1n) is 10.5. The molecule has 1 amide bonds. The molecule has 7 nitrogen and oxygen atoms in total. The van der Waals surface area contributed by atoms with Gasteiger partial charge in [-0.15, -0.1) is 0 Å². The van der Waals surface area contributed by atoms with Crippen LogP contribution in [0, 0.1) is 16.0 Å². The third-order valence-electron chi connectivity index (χ3n) is 6.02. The van der Waals surface area contributed by atoms with E-state index in [2.05, 4.69) is 10.3 Å². The zero-order valence-corrected chi connectivity index (χ0v) is 17.5. The topological polar surface area (TPSA) is 102 Å². The summed E-state index contributed by atoms with van der Waals surface area (Å²) in [7, 11) is 0. The number of ketones is 1. The second kappa shape index (κ2) is 8.27. The molecule has 5 rings (SSSR count). The second-order valence-electron chi connectivity index (χ2n) is 8.00. The van der Waals surface area contributed by atoms with Crippen LogP contribution in [0.25, 0.3) is 10.9 Å². The van der Waals surface area contributed by atoms with Crippen LogP contribution in [-0.2, 0) is 11.2 Å². The molecule has 0 radical (unpaired) electrons. The van der Waals surface area contributed by atoms with Gasteiger partial charge in [-0.2, -0.15) is 0 Å². The van der Waals surface area contributed by atoms with Crippen LogP contribution in [0.5, 0.6) is 0 Å². The summed E-state index contributed by atoms with van der Waals surface area (Å²) in [5.41, 5.74) is 2.66. The van der Waals surface area contributed by atoms with E-state index in [9.17, 15) is 19.7 Å². The molecule has 0 aliphatic carbocycles. The van der Waals surface area contributed by atoms with Crippen molar-refractivity contribution in [1.29, 1.82) is 0 Å². The Kier molecular flexibility index (Phi) is 5.14. The van der Waals surface area contributed by atoms with E-state index in [0.29, 0.717) is 22.3 Å². The Morgan fingerprint density at radius 1 is 0.970 bits per heavy atom. The minimum absolute atomic E-state index is 0.0933. The lowest BCUT2D eigenvalue weighted by Gasteiger charge is -2.21. The van der Waals surface area contributed by atoms with Crippen LogP contribution >= 0.6 is 0 Å². The largest absolute Gasteiger partial charge is 0.325 e. The number of hydrogen-bond donors (Lipinski definition) is 1. The van der Waals surface area contributed by atoms with Crippen molar-refractivity contribution in [2.75, 3.05) is 5.32 Å². The minimum Gasteiger partial charge on any atom is -0.325 e. The highest BCUT2D eigenvalue weighted by atomic mass is 16.6. The number of nitro benzene ring substituents is 1. The lowest BCUT2D eigenvalue weighted by Crippen LogP contribution is -2.29. The minimum atomic E-state index is -0.719. The quantitative estimate of drug-likeness (QED) is 0.262. The molecule has 33 heavy (non-hydrogen) atoms. The third-order valence-corrected chi connectivity index (χ3v) is 6.02. The van der Waals surface area contributed by atoms with Crippen LogP contribution in [0.15, 0.2) is 84.9 Å². The average Bonchev–Trinajstić information content (AvgIpc) is 3.17. The molecule has 1 aliphatic rings. The molecule has 2 heterocycles. The number of amides is 1. The maximum Gasteiger partial charge on any atom is 0.295 e. The SMILES string of the molecule is O=C(c1ccccc1)C(Cc1ccc2cccc([N+](=O)[O-])c2n1)C1C(=O)Nc2ccccc21. The van der Waals surface area contributed by atoms with E-state index in [0.717, 1.165) is 5.56 Å². The van der Waals surface area contributed by atoms with Crippen LogP contribution in [-0.4, -0.2) is 21.6 Å². The molecule has 1 N–H and O–H groups in total. The van der Waals surface area contributed by atoms with E-state index >= 15 is 0 Å². The van der Waals surface area contributed by atoms with Crippen LogP contribution in [0.4, 0.5) is 11.4 Å². The van der Waals surface area contributed by atoms with E-state index in [1.165, 1.54) is 6.07 Å². The summed E-state index contributed by atoms with van der Waals surface area (Å²) in [6.07, 6.45) is 0.169. The average molecular weight is 437 g/mol. The van der Waals surface area contributed by atoms with Crippen LogP contribution in [0.3, 0.4) is 0 Å². The van der Waals surface area contributed by atoms with Crippen molar-refractivity contribution in [3.63, 3.8) is 0 Å². The highest BCUT2D eigenvalue weighted by molar-refractivity contribution is 6.08. The number of benzene rings is 3. The van der Waals surface area contributed by atoms with Gasteiger partial charge >= 0.3 is 0 Å². The Balaban J connectivity index is 1.60. The molecule has 1 aromatic heterocycles. The van der Waals surface area contributed by atoms with Gasteiger partial charge in [0.15, 0.2) is 5.78 Å². The molecular formula is C26H19N3O4. The van der Waals surface area contributed by atoms with E-state index < -0.39 is 16.8 Å². The third kappa shape index (κ3) is 3.74. The Bertz CT molecular complexity index is 1400. The molecule has 0 saturated carbocycles. The molecule has 4 aromatic rings. The molecular weight excluding hydrogens is 418 g/mol. The molecule has 1 aliphatic heterocycles. The molecule has 7 heteroatoms. The van der Waals surface area contributed by atoms with Gasteiger partial charge in [0.1, 0.15) is 5.52 Å². The maximum absolute atomic E-state index is 13.6. The number of rotatable bonds is 6. The normalized spacial score (nSPS) is 15.6. The van der Waals surface area contributed by atoms with Crippen LogP contribution in [0.2, 0.25) is 0 Å². The van der Waals surface area contributed by atoms with Gasteiger partial charge in [0, 0.05) is 40.7 Å². The van der Waals surface area contributed by atoms with Gasteiger partial charge in [-0.3, -0.25) is 19.7 Å². The number of non-ortho nitro benzene ring substituents is 1. The van der Waals surface area contributed by atoms with Gasteiger partial charge in [-0.1, -0.05) is 66.7 Å². The number of pyridine rings is 1. The van der Waals surface area contributed by atoms with Gasteiger partial charge in [0.05, 0.1) is 10.8 Å². The number of carbonyl (C=O) groups is 2. The summed E-state index contributed by atoms with van der Waals surface area (Å²) < 4.78 is 0. The van der Waals surface area contributed by atoms with Crippen molar-refractivity contribution >= 4 is 34.0 Å². The van der Waals surface area contributed by atoms with Crippen molar-refractivity contribution < 1.29 is 14.5 Å². The zero-order chi connectivity index (χ0) is 22.9. The number of nitro groups is 1.